The second kappa shape index (κ2) is 7.75. The number of benzene rings is 2. The quantitative estimate of drug-likeness (QED) is 0.449. The molecule has 10 heteroatoms. The summed E-state index contributed by atoms with van der Waals surface area (Å²) in [7, 11) is 0. The molecule has 0 fully saturated rings. The molecule has 0 saturated carbocycles. The van der Waals surface area contributed by atoms with E-state index in [9.17, 15) is 31.5 Å². The molecule has 28 heavy (non-hydrogen) atoms. The highest BCUT2D eigenvalue weighted by Gasteiger charge is 2.32. The van der Waals surface area contributed by atoms with E-state index in [4.69, 9.17) is 4.74 Å². The van der Waals surface area contributed by atoms with Gasteiger partial charge in [0.2, 0.25) is 5.91 Å². The average molecular weight is 398 g/mol. The zero-order valence-electron chi connectivity index (χ0n) is 14.0. The van der Waals surface area contributed by atoms with Crippen LogP contribution in [0.4, 0.5) is 27.6 Å². The van der Waals surface area contributed by atoms with Gasteiger partial charge in [-0.15, -0.1) is 0 Å². The van der Waals surface area contributed by atoms with Crippen LogP contribution in [-0.2, 0) is 20.9 Å². The number of hydrogen-bond acceptors (Lipinski definition) is 4. The molecule has 0 aromatic heterocycles. The highest BCUT2D eigenvalue weighted by atomic mass is 19.2. The van der Waals surface area contributed by atoms with E-state index in [1.54, 1.807) is 0 Å². The van der Waals surface area contributed by atoms with E-state index in [1.165, 1.54) is 18.2 Å². The molecule has 1 amide bonds. The first-order chi connectivity index (χ1) is 13.3. The Labute approximate surface area is 155 Å². The number of hydrogen-bond donors (Lipinski definition) is 0. The number of rotatable bonds is 4. The van der Waals surface area contributed by atoms with Crippen molar-refractivity contribution in [1.82, 2.24) is 0 Å². The number of anilines is 1. The molecular formula is C18H11F5N2O3. The Kier molecular flexibility index (Phi) is 5.39. The molecule has 2 aromatic carbocycles. The van der Waals surface area contributed by atoms with Crippen LogP contribution in [0, 0.1) is 29.1 Å². The molecule has 0 radical (unpaired) electrons. The van der Waals surface area contributed by atoms with Gasteiger partial charge in [-0.2, -0.15) is 10.1 Å². The topological polar surface area (TPSA) is 59.0 Å². The zero-order chi connectivity index (χ0) is 20.4. The van der Waals surface area contributed by atoms with Crippen LogP contribution in [0.5, 0.6) is 0 Å². The van der Waals surface area contributed by atoms with Crippen molar-refractivity contribution in [1.29, 1.82) is 0 Å². The highest BCUT2D eigenvalue weighted by Crippen LogP contribution is 2.30. The van der Waals surface area contributed by atoms with E-state index in [1.807, 2.05) is 0 Å². The number of halogens is 5. The molecule has 0 atom stereocenters. The summed E-state index contributed by atoms with van der Waals surface area (Å²) in [5, 5.41) is 3.57. The molecule has 146 valence electrons. The monoisotopic (exact) mass is 398 g/mol. The van der Waals surface area contributed by atoms with Crippen LogP contribution >= 0.6 is 0 Å². The third kappa shape index (κ3) is 3.71. The Bertz CT molecular complexity index is 967. The fraction of sp³-hybridized carbons (Fsp3) is 0.167. The molecular weight excluding hydrogens is 387 g/mol. The second-order valence-corrected chi connectivity index (χ2v) is 5.74. The Balaban J connectivity index is 1.87. The van der Waals surface area contributed by atoms with Gasteiger partial charge in [0.15, 0.2) is 23.3 Å². The van der Waals surface area contributed by atoms with Crippen LogP contribution in [0.2, 0.25) is 0 Å². The van der Waals surface area contributed by atoms with Gasteiger partial charge in [0, 0.05) is 24.5 Å². The second-order valence-electron chi connectivity index (χ2n) is 5.74. The lowest BCUT2D eigenvalue weighted by molar-refractivity contribution is -0.137. The smallest absolute Gasteiger partial charge is 0.354 e. The van der Waals surface area contributed by atoms with Crippen molar-refractivity contribution in [2.24, 2.45) is 5.10 Å². The number of amides is 1. The van der Waals surface area contributed by atoms with Gasteiger partial charge in [-0.05, 0) is 6.07 Å². The van der Waals surface area contributed by atoms with Crippen LogP contribution in [0.25, 0.3) is 0 Å². The molecule has 1 heterocycles. The summed E-state index contributed by atoms with van der Waals surface area (Å²) >= 11 is 0. The average Bonchev–Trinajstić information content (AvgIpc) is 2.67. The standard InChI is InChI=1S/C18H11F5N2O3/c19-10-4-2-1-3-9(10)8-28-18(27)13-5-6-14(26)25(24-13)17-15(22)11(20)7-12(21)16(17)23/h1-4,7H,5-6,8H2. The van der Waals surface area contributed by atoms with Crippen LogP contribution in [0.15, 0.2) is 35.4 Å². The van der Waals surface area contributed by atoms with Gasteiger partial charge >= 0.3 is 5.97 Å². The maximum atomic E-state index is 13.9. The summed E-state index contributed by atoms with van der Waals surface area (Å²) in [6.07, 6.45) is -0.642. The van der Waals surface area contributed by atoms with Crippen LogP contribution in [0.1, 0.15) is 18.4 Å². The highest BCUT2D eigenvalue weighted by molar-refractivity contribution is 6.38. The third-order valence-corrected chi connectivity index (χ3v) is 3.89. The van der Waals surface area contributed by atoms with Crippen LogP contribution in [-0.4, -0.2) is 17.6 Å². The van der Waals surface area contributed by atoms with E-state index in [-0.39, 0.29) is 23.1 Å². The summed E-state index contributed by atoms with van der Waals surface area (Å²) < 4.78 is 73.1. The lowest BCUT2D eigenvalue weighted by atomic mass is 10.1. The van der Waals surface area contributed by atoms with E-state index in [0.717, 1.165) is 6.07 Å². The van der Waals surface area contributed by atoms with Gasteiger partial charge in [0.1, 0.15) is 23.8 Å². The lowest BCUT2D eigenvalue weighted by Gasteiger charge is -2.23. The number of esters is 1. The maximum absolute atomic E-state index is 13.9. The SMILES string of the molecule is O=C(OCc1ccccc1F)C1=NN(c2c(F)c(F)cc(F)c2F)C(=O)CC1. The number of hydrazone groups is 1. The molecule has 2 aromatic rings. The first-order valence-electron chi connectivity index (χ1n) is 7.93. The van der Waals surface area contributed by atoms with Gasteiger partial charge in [0.05, 0.1) is 0 Å². The predicted octanol–water partition coefficient (Wildman–Crippen LogP) is 3.61. The molecule has 0 N–H and O–H groups in total. The van der Waals surface area contributed by atoms with Gasteiger partial charge < -0.3 is 4.74 Å². The van der Waals surface area contributed by atoms with Crippen molar-refractivity contribution in [2.45, 2.75) is 19.4 Å². The van der Waals surface area contributed by atoms with Crippen molar-refractivity contribution in [3.63, 3.8) is 0 Å². The Morgan fingerprint density at radius 1 is 1.00 bits per heavy atom. The van der Waals surface area contributed by atoms with E-state index < -0.39 is 65.4 Å². The summed E-state index contributed by atoms with van der Waals surface area (Å²) in [6, 6.07) is 5.48. The fourth-order valence-corrected chi connectivity index (χ4v) is 2.46. The molecule has 1 aliphatic heterocycles. The molecule has 5 nitrogen and oxygen atoms in total. The summed E-state index contributed by atoms with van der Waals surface area (Å²) in [4.78, 5) is 24.1. The number of nitrogens with zero attached hydrogens (tertiary/aromatic N) is 2. The molecule has 0 saturated heterocycles. The van der Waals surface area contributed by atoms with Gasteiger partial charge in [-0.25, -0.2) is 26.7 Å². The lowest BCUT2D eigenvalue weighted by Crippen LogP contribution is -2.36. The molecule has 3 rings (SSSR count). The minimum atomic E-state index is -1.84. The maximum Gasteiger partial charge on any atom is 0.354 e. The molecule has 0 aliphatic carbocycles. The summed E-state index contributed by atoms with van der Waals surface area (Å²) in [6.45, 7) is -0.449. The largest absolute Gasteiger partial charge is 0.456 e. The van der Waals surface area contributed by atoms with E-state index in [2.05, 4.69) is 5.10 Å². The Morgan fingerprint density at radius 2 is 1.64 bits per heavy atom. The van der Waals surface area contributed by atoms with Crippen molar-refractivity contribution in [2.75, 3.05) is 5.01 Å². The van der Waals surface area contributed by atoms with E-state index in [0.29, 0.717) is 0 Å². The summed E-state index contributed by atoms with van der Waals surface area (Å²) in [5.74, 6) is -9.80. The van der Waals surface area contributed by atoms with E-state index >= 15 is 0 Å². The Morgan fingerprint density at radius 3 is 2.29 bits per heavy atom. The molecule has 1 aliphatic rings. The first kappa shape index (κ1) is 19.5. The zero-order valence-corrected chi connectivity index (χ0v) is 14.0. The first-order valence-corrected chi connectivity index (χ1v) is 7.93. The van der Waals surface area contributed by atoms with Gasteiger partial charge in [-0.1, -0.05) is 18.2 Å². The fourth-order valence-electron chi connectivity index (χ4n) is 2.46. The minimum Gasteiger partial charge on any atom is -0.456 e. The van der Waals surface area contributed by atoms with Crippen LogP contribution < -0.4 is 5.01 Å². The van der Waals surface area contributed by atoms with Crippen molar-refractivity contribution < 1.29 is 36.3 Å². The normalized spacial score (nSPS) is 14.1. The predicted molar refractivity (Wildman–Crippen MR) is 86.6 cm³/mol. The number of carbonyl (C=O) groups excluding carboxylic acids is 2. The summed E-state index contributed by atoms with van der Waals surface area (Å²) in [5.41, 5.74) is -1.72. The van der Waals surface area contributed by atoms with Crippen molar-refractivity contribution >= 4 is 23.3 Å². The van der Waals surface area contributed by atoms with Crippen LogP contribution in [0.3, 0.4) is 0 Å². The Hall–Kier alpha value is -3.30. The molecule has 0 bridgehead atoms. The van der Waals surface area contributed by atoms with Crippen molar-refractivity contribution in [3.05, 3.63) is 65.0 Å². The van der Waals surface area contributed by atoms with Crippen molar-refractivity contribution in [3.8, 4) is 0 Å². The van der Waals surface area contributed by atoms with Gasteiger partial charge in [0.25, 0.3) is 0 Å². The number of carbonyl (C=O) groups is 2. The number of ether oxygens (including phenoxy) is 1. The third-order valence-electron chi connectivity index (χ3n) is 3.89. The molecule has 0 unspecified atom stereocenters. The van der Waals surface area contributed by atoms with Gasteiger partial charge in [-0.3, -0.25) is 4.79 Å². The molecule has 0 spiro atoms. The minimum absolute atomic E-state index is 0.0180.